The summed E-state index contributed by atoms with van der Waals surface area (Å²) in [5.74, 6) is 2.01. The maximum absolute atomic E-state index is 5.60. The number of nitrogens with zero attached hydrogens (tertiary/aromatic N) is 2. The fourth-order valence-corrected chi connectivity index (χ4v) is 2.16. The molecule has 2 heterocycles. The van der Waals surface area contributed by atoms with Gasteiger partial charge < -0.3 is 19.3 Å². The molecule has 0 spiro atoms. The van der Waals surface area contributed by atoms with Crippen LogP contribution >= 0.6 is 0 Å². The molecule has 2 aromatic rings. The molecule has 1 aromatic carbocycles. The van der Waals surface area contributed by atoms with E-state index in [2.05, 4.69) is 15.5 Å². The Labute approximate surface area is 117 Å². The molecule has 1 atom stereocenters. The zero-order chi connectivity index (χ0) is 13.8. The van der Waals surface area contributed by atoms with Crippen molar-refractivity contribution in [2.45, 2.75) is 12.5 Å². The first-order valence-corrected chi connectivity index (χ1v) is 6.63. The number of hydrogen-bond donors (Lipinski definition) is 1. The second kappa shape index (κ2) is 6.02. The summed E-state index contributed by atoms with van der Waals surface area (Å²) in [5, 5.41) is 7.24. The molecule has 6 nitrogen and oxygen atoms in total. The maximum Gasteiger partial charge on any atom is 0.231 e. The molecule has 6 heteroatoms. The topological polar surface area (TPSA) is 69.4 Å². The van der Waals surface area contributed by atoms with E-state index in [0.29, 0.717) is 24.7 Å². The Kier molecular flexibility index (Phi) is 3.94. The first kappa shape index (κ1) is 13.1. The van der Waals surface area contributed by atoms with Crippen LogP contribution in [0.5, 0.6) is 5.75 Å². The summed E-state index contributed by atoms with van der Waals surface area (Å²) in [6, 6.07) is 7.82. The number of morpholine rings is 1. The van der Waals surface area contributed by atoms with Crippen molar-refractivity contribution < 1.29 is 14.0 Å². The fourth-order valence-electron chi connectivity index (χ4n) is 2.16. The normalized spacial score (nSPS) is 18.9. The van der Waals surface area contributed by atoms with E-state index in [-0.39, 0.29) is 6.10 Å². The third-order valence-corrected chi connectivity index (χ3v) is 3.19. The lowest BCUT2D eigenvalue weighted by Gasteiger charge is -2.20. The number of methoxy groups -OCH3 is 1. The molecular weight excluding hydrogens is 258 g/mol. The van der Waals surface area contributed by atoms with E-state index in [1.54, 1.807) is 7.11 Å². The predicted molar refractivity (Wildman–Crippen MR) is 71.7 cm³/mol. The molecule has 1 aliphatic rings. The van der Waals surface area contributed by atoms with Crippen molar-refractivity contribution in [3.8, 4) is 5.75 Å². The molecule has 1 aliphatic heterocycles. The molecule has 0 radical (unpaired) electrons. The number of benzene rings is 1. The summed E-state index contributed by atoms with van der Waals surface area (Å²) in [6.07, 6.45) is 0.469. The van der Waals surface area contributed by atoms with Crippen LogP contribution in [0.2, 0.25) is 0 Å². The molecule has 1 aromatic heterocycles. The van der Waals surface area contributed by atoms with Gasteiger partial charge in [-0.3, -0.25) is 0 Å². The van der Waals surface area contributed by atoms with Crippen molar-refractivity contribution in [1.29, 1.82) is 0 Å². The van der Waals surface area contributed by atoms with Crippen LogP contribution < -0.4 is 10.1 Å². The van der Waals surface area contributed by atoms with Crippen LogP contribution in [0, 0.1) is 0 Å². The van der Waals surface area contributed by atoms with Crippen molar-refractivity contribution in [1.82, 2.24) is 15.5 Å². The largest absolute Gasteiger partial charge is 0.497 e. The molecule has 20 heavy (non-hydrogen) atoms. The molecule has 1 N–H and O–H groups in total. The monoisotopic (exact) mass is 275 g/mol. The Morgan fingerprint density at radius 2 is 2.40 bits per heavy atom. The number of rotatable bonds is 4. The Morgan fingerprint density at radius 3 is 3.20 bits per heavy atom. The first-order chi connectivity index (χ1) is 9.85. The second-order valence-corrected chi connectivity index (χ2v) is 4.64. The quantitative estimate of drug-likeness (QED) is 0.907. The van der Waals surface area contributed by atoms with Crippen LogP contribution in [0.15, 0.2) is 28.8 Å². The smallest absolute Gasteiger partial charge is 0.231 e. The number of hydrogen-bond acceptors (Lipinski definition) is 6. The summed E-state index contributed by atoms with van der Waals surface area (Å²) in [7, 11) is 1.65. The maximum atomic E-state index is 5.60. The molecule has 0 amide bonds. The highest BCUT2D eigenvalue weighted by atomic mass is 16.5. The van der Waals surface area contributed by atoms with Gasteiger partial charge in [-0.2, -0.15) is 4.98 Å². The van der Waals surface area contributed by atoms with Crippen LogP contribution in [0.3, 0.4) is 0 Å². The van der Waals surface area contributed by atoms with Gasteiger partial charge in [-0.1, -0.05) is 17.3 Å². The molecule has 0 bridgehead atoms. The van der Waals surface area contributed by atoms with Crippen LogP contribution in [0.1, 0.15) is 23.4 Å². The molecule has 0 saturated carbocycles. The Balaban J connectivity index is 1.70. The first-order valence-electron chi connectivity index (χ1n) is 6.63. The fraction of sp³-hybridized carbons (Fsp3) is 0.429. The summed E-state index contributed by atoms with van der Waals surface area (Å²) in [5.41, 5.74) is 1.07. The van der Waals surface area contributed by atoms with Gasteiger partial charge >= 0.3 is 0 Å². The van der Waals surface area contributed by atoms with Gasteiger partial charge in [0.2, 0.25) is 11.7 Å². The third kappa shape index (κ3) is 2.97. The SMILES string of the molecule is COc1cccc(Cc2nc(C3CNCCO3)no2)c1. The third-order valence-electron chi connectivity index (χ3n) is 3.19. The number of aromatic nitrogens is 2. The molecule has 0 aliphatic carbocycles. The molecule has 3 rings (SSSR count). The second-order valence-electron chi connectivity index (χ2n) is 4.64. The lowest BCUT2D eigenvalue weighted by atomic mass is 10.1. The van der Waals surface area contributed by atoms with Crippen molar-refractivity contribution in [3.63, 3.8) is 0 Å². The van der Waals surface area contributed by atoms with Crippen LogP contribution in [-0.4, -0.2) is 36.9 Å². The van der Waals surface area contributed by atoms with E-state index in [9.17, 15) is 0 Å². The Bertz CT molecular complexity index is 564. The van der Waals surface area contributed by atoms with Gasteiger partial charge in [0.1, 0.15) is 11.9 Å². The van der Waals surface area contributed by atoms with Gasteiger partial charge in [0.05, 0.1) is 20.1 Å². The lowest BCUT2D eigenvalue weighted by molar-refractivity contribution is 0.0208. The van der Waals surface area contributed by atoms with Gasteiger partial charge in [-0.15, -0.1) is 0 Å². The van der Waals surface area contributed by atoms with Crippen molar-refractivity contribution >= 4 is 0 Å². The Morgan fingerprint density at radius 1 is 1.45 bits per heavy atom. The van der Waals surface area contributed by atoms with Crippen molar-refractivity contribution in [2.75, 3.05) is 26.8 Å². The minimum absolute atomic E-state index is 0.119. The zero-order valence-electron chi connectivity index (χ0n) is 11.3. The van der Waals surface area contributed by atoms with E-state index in [0.717, 1.165) is 24.4 Å². The van der Waals surface area contributed by atoms with Crippen molar-refractivity contribution in [2.24, 2.45) is 0 Å². The van der Waals surface area contributed by atoms with E-state index < -0.39 is 0 Å². The van der Waals surface area contributed by atoms with E-state index >= 15 is 0 Å². The molecular formula is C14H17N3O3. The predicted octanol–water partition coefficient (Wildman–Crippen LogP) is 1.33. The van der Waals surface area contributed by atoms with Crippen molar-refractivity contribution in [3.05, 3.63) is 41.5 Å². The van der Waals surface area contributed by atoms with Gasteiger partial charge in [0, 0.05) is 13.1 Å². The average molecular weight is 275 g/mol. The summed E-state index contributed by atoms with van der Waals surface area (Å²) in [4.78, 5) is 4.40. The molecule has 106 valence electrons. The standard InChI is InChI=1S/C14H17N3O3/c1-18-11-4-2-3-10(7-11)8-13-16-14(17-20-13)12-9-15-5-6-19-12/h2-4,7,12,15H,5-6,8-9H2,1H3. The highest BCUT2D eigenvalue weighted by molar-refractivity contribution is 5.29. The van der Waals surface area contributed by atoms with Gasteiger partial charge in [-0.25, -0.2) is 0 Å². The number of ether oxygens (including phenoxy) is 2. The summed E-state index contributed by atoms with van der Waals surface area (Å²) < 4.78 is 16.1. The highest BCUT2D eigenvalue weighted by Gasteiger charge is 2.21. The van der Waals surface area contributed by atoms with Gasteiger partial charge in [0.15, 0.2) is 0 Å². The van der Waals surface area contributed by atoms with Crippen LogP contribution in [0.25, 0.3) is 0 Å². The number of nitrogens with one attached hydrogen (secondary N) is 1. The summed E-state index contributed by atoms with van der Waals surface area (Å²) in [6.45, 7) is 2.26. The highest BCUT2D eigenvalue weighted by Crippen LogP contribution is 2.18. The van der Waals surface area contributed by atoms with E-state index in [1.807, 2.05) is 24.3 Å². The lowest BCUT2D eigenvalue weighted by Crippen LogP contribution is -2.33. The molecule has 1 fully saturated rings. The van der Waals surface area contributed by atoms with Crippen LogP contribution in [-0.2, 0) is 11.2 Å². The summed E-state index contributed by atoms with van der Waals surface area (Å²) >= 11 is 0. The Hall–Kier alpha value is -1.92. The van der Waals surface area contributed by atoms with E-state index in [4.69, 9.17) is 14.0 Å². The molecule has 1 saturated heterocycles. The molecule has 1 unspecified atom stereocenters. The van der Waals surface area contributed by atoms with Gasteiger partial charge in [-0.05, 0) is 17.7 Å². The minimum Gasteiger partial charge on any atom is -0.497 e. The zero-order valence-corrected chi connectivity index (χ0v) is 11.3. The van der Waals surface area contributed by atoms with Crippen LogP contribution in [0.4, 0.5) is 0 Å². The average Bonchev–Trinajstić information content (AvgIpc) is 2.97. The minimum atomic E-state index is -0.119. The van der Waals surface area contributed by atoms with E-state index in [1.165, 1.54) is 0 Å². The van der Waals surface area contributed by atoms with Gasteiger partial charge in [0.25, 0.3) is 0 Å².